The van der Waals surface area contributed by atoms with Crippen molar-refractivity contribution in [3.63, 3.8) is 0 Å². The van der Waals surface area contributed by atoms with E-state index in [0.29, 0.717) is 0 Å². The van der Waals surface area contributed by atoms with Crippen molar-refractivity contribution in [2.24, 2.45) is 0 Å². The van der Waals surface area contributed by atoms with Crippen LogP contribution in [-0.4, -0.2) is 7.05 Å². The van der Waals surface area contributed by atoms with Crippen LogP contribution in [0.2, 0.25) is 0 Å². The fraction of sp³-hybridized carbons (Fsp3) is 0.538. The molecule has 1 aromatic carbocycles. The first-order valence-corrected chi connectivity index (χ1v) is 5.61. The van der Waals surface area contributed by atoms with Crippen LogP contribution in [0.25, 0.3) is 0 Å². The van der Waals surface area contributed by atoms with Crippen LogP contribution >= 0.6 is 0 Å². The summed E-state index contributed by atoms with van der Waals surface area (Å²) in [7, 11) is 1.93. The van der Waals surface area contributed by atoms with E-state index in [9.17, 15) is 4.39 Å². The number of nitrogens with one attached hydrogen (secondary N) is 1. The van der Waals surface area contributed by atoms with Crippen molar-refractivity contribution in [2.75, 3.05) is 7.05 Å². The summed E-state index contributed by atoms with van der Waals surface area (Å²) in [5.41, 5.74) is 2.05. The van der Waals surface area contributed by atoms with Gasteiger partial charge in [0.05, 0.1) is 0 Å². The minimum Gasteiger partial charge on any atom is -0.313 e. The van der Waals surface area contributed by atoms with Crippen molar-refractivity contribution in [1.29, 1.82) is 0 Å². The van der Waals surface area contributed by atoms with Crippen LogP contribution in [-0.2, 0) is 0 Å². The molecule has 1 aromatic rings. The van der Waals surface area contributed by atoms with Crippen molar-refractivity contribution in [3.05, 3.63) is 35.1 Å². The summed E-state index contributed by atoms with van der Waals surface area (Å²) in [5.74, 6) is -0.137. The Bertz CT molecular complexity index is 289. The van der Waals surface area contributed by atoms with Gasteiger partial charge in [0.25, 0.3) is 0 Å². The number of rotatable bonds is 5. The lowest BCUT2D eigenvalue weighted by molar-refractivity contribution is 0.517. The molecular weight excluding hydrogens is 189 g/mol. The molecule has 0 radical (unpaired) electrons. The molecule has 0 saturated heterocycles. The molecule has 0 spiro atoms. The van der Waals surface area contributed by atoms with E-state index in [1.165, 1.54) is 12.8 Å². The Morgan fingerprint density at radius 3 is 2.60 bits per heavy atom. The monoisotopic (exact) mass is 209 g/mol. The summed E-state index contributed by atoms with van der Waals surface area (Å²) in [6.07, 6.45) is 3.41. The standard InChI is InChI=1S/C13H20FN/c1-4-5-6-13(15-3)11-7-10(2)8-12(14)9-11/h7-9,13,15H,4-6H2,1-3H3. The molecule has 1 rings (SSSR count). The molecule has 1 nitrogen and oxygen atoms in total. The zero-order chi connectivity index (χ0) is 11.3. The second-order valence-electron chi connectivity index (χ2n) is 4.05. The van der Waals surface area contributed by atoms with Crippen LogP contribution in [0.4, 0.5) is 4.39 Å². The molecule has 0 saturated carbocycles. The summed E-state index contributed by atoms with van der Waals surface area (Å²) in [4.78, 5) is 0. The third-order valence-corrected chi connectivity index (χ3v) is 2.66. The molecule has 0 aliphatic rings. The first-order chi connectivity index (χ1) is 7.17. The largest absolute Gasteiger partial charge is 0.313 e. The highest BCUT2D eigenvalue weighted by atomic mass is 19.1. The van der Waals surface area contributed by atoms with Gasteiger partial charge in [-0.05, 0) is 43.7 Å². The van der Waals surface area contributed by atoms with Crippen molar-refractivity contribution in [2.45, 2.75) is 39.2 Å². The highest BCUT2D eigenvalue weighted by Gasteiger charge is 2.09. The van der Waals surface area contributed by atoms with Gasteiger partial charge in [-0.25, -0.2) is 4.39 Å². The molecule has 15 heavy (non-hydrogen) atoms. The Hall–Kier alpha value is -0.890. The Balaban J connectivity index is 2.81. The van der Waals surface area contributed by atoms with E-state index in [4.69, 9.17) is 0 Å². The molecule has 1 unspecified atom stereocenters. The van der Waals surface area contributed by atoms with Gasteiger partial charge in [0, 0.05) is 6.04 Å². The summed E-state index contributed by atoms with van der Waals surface area (Å²) < 4.78 is 13.2. The fourth-order valence-corrected chi connectivity index (χ4v) is 1.85. The SMILES string of the molecule is CCCCC(NC)c1cc(C)cc(F)c1. The van der Waals surface area contributed by atoms with Crippen molar-refractivity contribution < 1.29 is 4.39 Å². The van der Waals surface area contributed by atoms with E-state index >= 15 is 0 Å². The number of unbranched alkanes of at least 4 members (excludes halogenated alkanes) is 1. The number of hydrogen-bond donors (Lipinski definition) is 1. The third-order valence-electron chi connectivity index (χ3n) is 2.66. The average molecular weight is 209 g/mol. The molecule has 84 valence electrons. The van der Waals surface area contributed by atoms with Gasteiger partial charge in [-0.2, -0.15) is 0 Å². The molecule has 2 heteroatoms. The second kappa shape index (κ2) is 5.86. The van der Waals surface area contributed by atoms with Crippen molar-refractivity contribution in [1.82, 2.24) is 5.32 Å². The minimum atomic E-state index is -0.137. The summed E-state index contributed by atoms with van der Waals surface area (Å²) in [6.45, 7) is 4.10. The van der Waals surface area contributed by atoms with Crippen LogP contribution in [0, 0.1) is 12.7 Å². The van der Waals surface area contributed by atoms with E-state index in [-0.39, 0.29) is 11.9 Å². The number of aryl methyl sites for hydroxylation is 1. The molecule has 1 N–H and O–H groups in total. The number of halogens is 1. The van der Waals surface area contributed by atoms with Gasteiger partial charge in [-0.3, -0.25) is 0 Å². The third kappa shape index (κ3) is 3.63. The van der Waals surface area contributed by atoms with Gasteiger partial charge in [0.1, 0.15) is 5.82 Å². The first kappa shape index (κ1) is 12.2. The predicted molar refractivity (Wildman–Crippen MR) is 62.5 cm³/mol. The normalized spacial score (nSPS) is 12.8. The molecule has 0 fully saturated rings. The molecular formula is C13H20FN. The molecule has 0 heterocycles. The zero-order valence-corrected chi connectivity index (χ0v) is 9.81. The van der Waals surface area contributed by atoms with Crippen LogP contribution < -0.4 is 5.32 Å². The maximum Gasteiger partial charge on any atom is 0.123 e. The first-order valence-electron chi connectivity index (χ1n) is 5.61. The highest BCUT2D eigenvalue weighted by Crippen LogP contribution is 2.21. The van der Waals surface area contributed by atoms with Gasteiger partial charge in [0.15, 0.2) is 0 Å². The van der Waals surface area contributed by atoms with Crippen LogP contribution in [0.5, 0.6) is 0 Å². The lowest BCUT2D eigenvalue weighted by Gasteiger charge is -2.16. The Morgan fingerprint density at radius 2 is 2.07 bits per heavy atom. The Labute approximate surface area is 91.7 Å². The molecule has 0 bridgehead atoms. The Morgan fingerprint density at radius 1 is 1.33 bits per heavy atom. The highest BCUT2D eigenvalue weighted by molar-refractivity contribution is 5.26. The quantitative estimate of drug-likeness (QED) is 0.781. The Kier molecular flexibility index (Phi) is 4.76. The number of hydrogen-bond acceptors (Lipinski definition) is 1. The topological polar surface area (TPSA) is 12.0 Å². The molecule has 0 aliphatic heterocycles. The maximum absolute atomic E-state index is 13.2. The summed E-state index contributed by atoms with van der Waals surface area (Å²) in [5, 5.41) is 3.24. The maximum atomic E-state index is 13.2. The van der Waals surface area contributed by atoms with Crippen LogP contribution in [0.1, 0.15) is 43.4 Å². The van der Waals surface area contributed by atoms with E-state index in [2.05, 4.69) is 18.3 Å². The molecule has 1 atom stereocenters. The van der Waals surface area contributed by atoms with Gasteiger partial charge in [-0.1, -0.05) is 25.8 Å². The van der Waals surface area contributed by atoms with Gasteiger partial charge in [0.2, 0.25) is 0 Å². The minimum absolute atomic E-state index is 0.137. The van der Waals surface area contributed by atoms with E-state index < -0.39 is 0 Å². The molecule has 0 aromatic heterocycles. The lowest BCUT2D eigenvalue weighted by Crippen LogP contribution is -2.16. The zero-order valence-electron chi connectivity index (χ0n) is 9.81. The van der Waals surface area contributed by atoms with Crippen LogP contribution in [0.3, 0.4) is 0 Å². The van der Waals surface area contributed by atoms with Gasteiger partial charge >= 0.3 is 0 Å². The van der Waals surface area contributed by atoms with E-state index in [1.807, 2.05) is 14.0 Å². The lowest BCUT2D eigenvalue weighted by atomic mass is 9.99. The predicted octanol–water partition coefficient (Wildman–Crippen LogP) is 3.58. The summed E-state index contributed by atoms with van der Waals surface area (Å²) in [6, 6.07) is 5.53. The van der Waals surface area contributed by atoms with Crippen molar-refractivity contribution in [3.8, 4) is 0 Å². The summed E-state index contributed by atoms with van der Waals surface area (Å²) >= 11 is 0. The average Bonchev–Trinajstić information content (AvgIpc) is 2.17. The van der Waals surface area contributed by atoms with Crippen LogP contribution in [0.15, 0.2) is 18.2 Å². The molecule has 0 aliphatic carbocycles. The van der Waals surface area contributed by atoms with Gasteiger partial charge < -0.3 is 5.32 Å². The smallest absolute Gasteiger partial charge is 0.123 e. The molecule has 0 amide bonds. The fourth-order valence-electron chi connectivity index (χ4n) is 1.85. The van der Waals surface area contributed by atoms with Crippen molar-refractivity contribution >= 4 is 0 Å². The second-order valence-corrected chi connectivity index (χ2v) is 4.05. The van der Waals surface area contributed by atoms with E-state index in [0.717, 1.165) is 17.5 Å². The van der Waals surface area contributed by atoms with E-state index in [1.54, 1.807) is 12.1 Å². The van der Waals surface area contributed by atoms with Gasteiger partial charge in [-0.15, -0.1) is 0 Å². The number of benzene rings is 1.